The van der Waals surface area contributed by atoms with Crippen LogP contribution in [0.25, 0.3) is 0 Å². The maximum atomic E-state index is 13.2. The van der Waals surface area contributed by atoms with Crippen LogP contribution in [0.15, 0.2) is 28.8 Å². The largest absolute Gasteiger partial charge is 0.339 e. The Balaban J connectivity index is 1.35. The van der Waals surface area contributed by atoms with E-state index in [9.17, 15) is 4.39 Å². The molecular formula is C19H26FN5O. The Morgan fingerprint density at radius 3 is 2.77 bits per heavy atom. The second-order valence-corrected chi connectivity index (χ2v) is 7.54. The van der Waals surface area contributed by atoms with Crippen LogP contribution in [0.4, 0.5) is 4.39 Å². The van der Waals surface area contributed by atoms with Crippen molar-refractivity contribution in [3.8, 4) is 0 Å². The standard InChI is InChI=1S/C19H26FN5O/c1-25(12-17-22-19(26-24-17)14-4-2-3-5-14)11-15-10-21-23-18(15)13-6-8-16(20)9-7-13/h6-9,14-15,18,21,23H,2-5,10-12H2,1H3. The Labute approximate surface area is 153 Å². The molecule has 1 saturated heterocycles. The quantitative estimate of drug-likeness (QED) is 0.827. The number of halogens is 1. The normalized spacial score (nSPS) is 24.0. The highest BCUT2D eigenvalue weighted by Crippen LogP contribution is 2.33. The van der Waals surface area contributed by atoms with Gasteiger partial charge in [-0.05, 0) is 37.6 Å². The summed E-state index contributed by atoms with van der Waals surface area (Å²) in [5, 5.41) is 4.16. The van der Waals surface area contributed by atoms with Gasteiger partial charge in [-0.2, -0.15) is 4.98 Å². The van der Waals surface area contributed by atoms with Gasteiger partial charge in [-0.3, -0.25) is 10.3 Å². The zero-order valence-electron chi connectivity index (χ0n) is 15.1. The molecule has 2 fully saturated rings. The molecule has 0 spiro atoms. The summed E-state index contributed by atoms with van der Waals surface area (Å²) in [5.74, 6) is 2.19. The van der Waals surface area contributed by atoms with Gasteiger partial charge in [0.15, 0.2) is 5.82 Å². The predicted molar refractivity (Wildman–Crippen MR) is 95.6 cm³/mol. The highest BCUT2D eigenvalue weighted by molar-refractivity contribution is 5.21. The van der Waals surface area contributed by atoms with E-state index in [1.54, 1.807) is 0 Å². The van der Waals surface area contributed by atoms with Crippen molar-refractivity contribution >= 4 is 0 Å². The van der Waals surface area contributed by atoms with Crippen LogP contribution >= 0.6 is 0 Å². The fraction of sp³-hybridized carbons (Fsp3) is 0.579. The molecule has 1 aliphatic carbocycles. The van der Waals surface area contributed by atoms with Gasteiger partial charge in [0.25, 0.3) is 0 Å². The molecule has 2 aliphatic rings. The van der Waals surface area contributed by atoms with E-state index in [0.29, 0.717) is 18.4 Å². The molecule has 6 nitrogen and oxygen atoms in total. The third kappa shape index (κ3) is 3.95. The number of aromatic nitrogens is 2. The zero-order chi connectivity index (χ0) is 17.9. The smallest absolute Gasteiger partial charge is 0.229 e. The molecule has 2 unspecified atom stereocenters. The lowest BCUT2D eigenvalue weighted by Crippen LogP contribution is -2.30. The second-order valence-electron chi connectivity index (χ2n) is 7.54. The summed E-state index contributed by atoms with van der Waals surface area (Å²) in [6, 6.07) is 6.89. The number of nitrogens with zero attached hydrogens (tertiary/aromatic N) is 3. The third-order valence-corrected chi connectivity index (χ3v) is 5.47. The number of benzene rings is 1. The van der Waals surface area contributed by atoms with Crippen LogP contribution in [0, 0.1) is 11.7 Å². The summed E-state index contributed by atoms with van der Waals surface area (Å²) in [7, 11) is 2.08. The lowest BCUT2D eigenvalue weighted by atomic mass is 9.94. The van der Waals surface area contributed by atoms with Crippen LogP contribution in [0.3, 0.4) is 0 Å². The molecular weight excluding hydrogens is 333 g/mol. The van der Waals surface area contributed by atoms with Gasteiger partial charge >= 0.3 is 0 Å². The fourth-order valence-electron chi connectivity index (χ4n) is 4.11. The van der Waals surface area contributed by atoms with E-state index in [4.69, 9.17) is 4.52 Å². The van der Waals surface area contributed by atoms with Crippen LogP contribution in [-0.2, 0) is 6.54 Å². The zero-order valence-corrected chi connectivity index (χ0v) is 15.1. The Morgan fingerprint density at radius 1 is 1.23 bits per heavy atom. The average Bonchev–Trinajstić information content (AvgIpc) is 3.36. The van der Waals surface area contributed by atoms with Crippen LogP contribution in [0.1, 0.15) is 54.9 Å². The van der Waals surface area contributed by atoms with Gasteiger partial charge < -0.3 is 4.52 Å². The van der Waals surface area contributed by atoms with Crippen LogP contribution < -0.4 is 10.9 Å². The lowest BCUT2D eigenvalue weighted by Gasteiger charge is -2.24. The van der Waals surface area contributed by atoms with Crippen LogP contribution in [-0.4, -0.2) is 35.2 Å². The highest BCUT2D eigenvalue weighted by atomic mass is 19.1. The van der Waals surface area contributed by atoms with Crippen molar-refractivity contribution in [1.82, 2.24) is 25.9 Å². The van der Waals surface area contributed by atoms with Crippen molar-refractivity contribution in [2.75, 3.05) is 20.1 Å². The lowest BCUT2D eigenvalue weighted by molar-refractivity contribution is 0.252. The topological polar surface area (TPSA) is 66.2 Å². The molecule has 1 aliphatic heterocycles. The Hall–Kier alpha value is -1.83. The molecule has 4 rings (SSSR count). The van der Waals surface area contributed by atoms with E-state index >= 15 is 0 Å². The second kappa shape index (κ2) is 7.82. The Bertz CT molecular complexity index is 713. The van der Waals surface area contributed by atoms with Crippen molar-refractivity contribution in [2.45, 2.75) is 44.2 Å². The Kier molecular flexibility index (Phi) is 5.28. The van der Waals surface area contributed by atoms with Gasteiger partial charge in [-0.15, -0.1) is 0 Å². The monoisotopic (exact) mass is 359 g/mol. The van der Waals surface area contributed by atoms with Crippen molar-refractivity contribution < 1.29 is 8.91 Å². The number of rotatable bonds is 6. The molecule has 2 aromatic rings. The average molecular weight is 359 g/mol. The molecule has 0 amide bonds. The van der Waals surface area contributed by atoms with Crippen molar-refractivity contribution in [2.24, 2.45) is 5.92 Å². The summed E-state index contributed by atoms with van der Waals surface area (Å²) < 4.78 is 18.6. The van der Waals surface area contributed by atoms with E-state index < -0.39 is 0 Å². The molecule has 26 heavy (non-hydrogen) atoms. The highest BCUT2D eigenvalue weighted by Gasteiger charge is 2.29. The molecule has 2 N–H and O–H groups in total. The SMILES string of the molecule is CN(Cc1noc(C2CCCC2)n1)CC1CNNC1c1ccc(F)cc1. The van der Waals surface area contributed by atoms with Gasteiger partial charge in [0.05, 0.1) is 12.6 Å². The molecule has 1 aromatic heterocycles. The van der Waals surface area contributed by atoms with E-state index in [1.807, 2.05) is 12.1 Å². The summed E-state index contributed by atoms with van der Waals surface area (Å²) in [6.45, 7) is 2.42. The minimum absolute atomic E-state index is 0.164. The molecule has 7 heteroatoms. The summed E-state index contributed by atoms with van der Waals surface area (Å²) in [4.78, 5) is 6.82. The molecule has 1 saturated carbocycles. The van der Waals surface area contributed by atoms with E-state index in [-0.39, 0.29) is 11.9 Å². The minimum atomic E-state index is -0.205. The number of nitrogens with one attached hydrogen (secondary N) is 2. The predicted octanol–water partition coefficient (Wildman–Crippen LogP) is 2.76. The molecule has 2 atom stereocenters. The summed E-state index contributed by atoms with van der Waals surface area (Å²) in [5.41, 5.74) is 7.63. The van der Waals surface area contributed by atoms with Crippen molar-refractivity contribution in [3.63, 3.8) is 0 Å². The maximum Gasteiger partial charge on any atom is 0.229 e. The van der Waals surface area contributed by atoms with Crippen LogP contribution in [0.2, 0.25) is 0 Å². The van der Waals surface area contributed by atoms with E-state index in [0.717, 1.165) is 43.2 Å². The third-order valence-electron chi connectivity index (χ3n) is 5.47. The first-order chi connectivity index (χ1) is 12.7. The van der Waals surface area contributed by atoms with Gasteiger partial charge in [-0.1, -0.05) is 30.1 Å². The first-order valence-corrected chi connectivity index (χ1v) is 9.44. The first-order valence-electron chi connectivity index (χ1n) is 9.44. The minimum Gasteiger partial charge on any atom is -0.339 e. The van der Waals surface area contributed by atoms with Crippen molar-refractivity contribution in [3.05, 3.63) is 47.4 Å². The number of hydrogen-bond donors (Lipinski definition) is 2. The molecule has 1 aromatic carbocycles. The van der Waals surface area contributed by atoms with E-state index in [2.05, 4.69) is 32.9 Å². The number of hydrazine groups is 1. The molecule has 0 radical (unpaired) electrons. The van der Waals surface area contributed by atoms with Gasteiger partial charge in [-0.25, -0.2) is 9.82 Å². The molecule has 2 heterocycles. The number of hydrogen-bond acceptors (Lipinski definition) is 6. The van der Waals surface area contributed by atoms with Crippen molar-refractivity contribution in [1.29, 1.82) is 0 Å². The van der Waals surface area contributed by atoms with E-state index in [1.165, 1.54) is 25.0 Å². The fourth-order valence-corrected chi connectivity index (χ4v) is 4.11. The van der Waals surface area contributed by atoms with Gasteiger partial charge in [0, 0.05) is 24.9 Å². The van der Waals surface area contributed by atoms with Gasteiger partial charge in [0.1, 0.15) is 5.82 Å². The molecule has 140 valence electrons. The Morgan fingerprint density at radius 2 is 2.00 bits per heavy atom. The summed E-state index contributed by atoms with van der Waals surface area (Å²) >= 11 is 0. The maximum absolute atomic E-state index is 13.2. The first kappa shape index (κ1) is 17.6. The van der Waals surface area contributed by atoms with Crippen LogP contribution in [0.5, 0.6) is 0 Å². The summed E-state index contributed by atoms with van der Waals surface area (Å²) in [6.07, 6.45) is 4.84. The van der Waals surface area contributed by atoms with Gasteiger partial charge in [0.2, 0.25) is 5.89 Å². The molecule has 0 bridgehead atoms.